The number of rotatable bonds is 2. The van der Waals surface area contributed by atoms with E-state index in [0.717, 1.165) is 5.56 Å². The average Bonchev–Trinajstić information content (AvgIpc) is 2.70. The van der Waals surface area contributed by atoms with Gasteiger partial charge in [0.15, 0.2) is 0 Å². The number of ether oxygens (including phenoxy) is 1. The first-order chi connectivity index (χ1) is 6.81. The number of oxazole rings is 1. The van der Waals surface area contributed by atoms with Gasteiger partial charge in [0.05, 0.1) is 19.0 Å². The number of hydrogen-bond donors (Lipinski definition) is 1. The summed E-state index contributed by atoms with van der Waals surface area (Å²) in [7, 11) is 1.58. The van der Waals surface area contributed by atoms with Crippen LogP contribution in [0.3, 0.4) is 0 Å². The van der Waals surface area contributed by atoms with Crippen molar-refractivity contribution in [3.63, 3.8) is 0 Å². The molecule has 4 heteroatoms. The summed E-state index contributed by atoms with van der Waals surface area (Å²) >= 11 is 0. The third-order valence-electron chi connectivity index (χ3n) is 1.91. The zero-order valence-corrected chi connectivity index (χ0v) is 7.73. The van der Waals surface area contributed by atoms with Crippen LogP contribution in [0.25, 0.3) is 11.5 Å². The Kier molecular flexibility index (Phi) is 2.10. The summed E-state index contributed by atoms with van der Waals surface area (Å²) in [6, 6.07) is 5.40. The molecule has 0 saturated heterocycles. The molecule has 1 aromatic carbocycles. The van der Waals surface area contributed by atoms with Crippen LogP contribution < -0.4 is 10.5 Å². The van der Waals surface area contributed by atoms with Gasteiger partial charge in [0.25, 0.3) is 0 Å². The van der Waals surface area contributed by atoms with E-state index in [1.165, 1.54) is 6.26 Å². The predicted octanol–water partition coefficient (Wildman–Crippen LogP) is 1.93. The van der Waals surface area contributed by atoms with Crippen LogP contribution in [0.5, 0.6) is 5.75 Å². The van der Waals surface area contributed by atoms with Gasteiger partial charge in [-0.3, -0.25) is 0 Å². The first kappa shape index (κ1) is 8.62. The Balaban J connectivity index is 2.43. The van der Waals surface area contributed by atoms with Gasteiger partial charge in [0.1, 0.15) is 12.0 Å². The lowest BCUT2D eigenvalue weighted by Gasteiger charge is -2.04. The Morgan fingerprint density at radius 3 is 2.86 bits per heavy atom. The van der Waals surface area contributed by atoms with E-state index in [2.05, 4.69) is 4.98 Å². The molecule has 0 aliphatic carbocycles. The summed E-state index contributed by atoms with van der Waals surface area (Å²) in [5.74, 6) is 1.21. The summed E-state index contributed by atoms with van der Waals surface area (Å²) in [6.07, 6.45) is 3.12. The summed E-state index contributed by atoms with van der Waals surface area (Å²) < 4.78 is 10.2. The van der Waals surface area contributed by atoms with Crippen molar-refractivity contribution in [1.82, 2.24) is 4.98 Å². The topological polar surface area (TPSA) is 61.3 Å². The van der Waals surface area contributed by atoms with Crippen LogP contribution in [0, 0.1) is 0 Å². The lowest BCUT2D eigenvalue weighted by atomic mass is 10.2. The van der Waals surface area contributed by atoms with Crippen LogP contribution in [0.2, 0.25) is 0 Å². The minimum absolute atomic E-state index is 0.555. The Morgan fingerprint density at radius 1 is 1.43 bits per heavy atom. The maximum absolute atomic E-state index is 5.74. The van der Waals surface area contributed by atoms with Gasteiger partial charge in [-0.05, 0) is 18.2 Å². The standard InChI is InChI=1S/C10H10N2O2/c1-13-9-3-2-7(6-8(9)11)10-12-4-5-14-10/h2-6H,11H2,1H3. The molecule has 0 radical (unpaired) electrons. The smallest absolute Gasteiger partial charge is 0.225 e. The average molecular weight is 190 g/mol. The quantitative estimate of drug-likeness (QED) is 0.735. The second-order valence-electron chi connectivity index (χ2n) is 2.79. The summed E-state index contributed by atoms with van der Waals surface area (Å²) in [6.45, 7) is 0. The van der Waals surface area contributed by atoms with Crippen LogP contribution in [0.15, 0.2) is 35.1 Å². The van der Waals surface area contributed by atoms with E-state index in [9.17, 15) is 0 Å². The van der Waals surface area contributed by atoms with Crippen molar-refractivity contribution in [2.75, 3.05) is 12.8 Å². The summed E-state index contributed by atoms with van der Waals surface area (Å²) in [4.78, 5) is 4.02. The number of methoxy groups -OCH3 is 1. The van der Waals surface area contributed by atoms with Crippen molar-refractivity contribution >= 4 is 5.69 Å². The second-order valence-corrected chi connectivity index (χ2v) is 2.79. The van der Waals surface area contributed by atoms with E-state index in [0.29, 0.717) is 17.3 Å². The summed E-state index contributed by atoms with van der Waals surface area (Å²) in [5.41, 5.74) is 7.16. The Labute approximate surface area is 81.3 Å². The molecule has 14 heavy (non-hydrogen) atoms. The maximum atomic E-state index is 5.74. The highest BCUT2D eigenvalue weighted by molar-refractivity contribution is 5.65. The molecule has 1 aromatic heterocycles. The third-order valence-corrected chi connectivity index (χ3v) is 1.91. The number of anilines is 1. The zero-order chi connectivity index (χ0) is 9.97. The van der Waals surface area contributed by atoms with Crippen molar-refractivity contribution in [3.05, 3.63) is 30.7 Å². The minimum Gasteiger partial charge on any atom is -0.495 e. The molecule has 0 unspecified atom stereocenters. The van der Waals surface area contributed by atoms with Crippen LogP contribution in [0.4, 0.5) is 5.69 Å². The fraction of sp³-hybridized carbons (Fsp3) is 0.100. The highest BCUT2D eigenvalue weighted by atomic mass is 16.5. The normalized spacial score (nSPS) is 10.1. The van der Waals surface area contributed by atoms with Crippen molar-refractivity contribution in [2.24, 2.45) is 0 Å². The van der Waals surface area contributed by atoms with E-state index >= 15 is 0 Å². The number of nitrogens with two attached hydrogens (primary N) is 1. The Bertz CT molecular complexity index is 424. The first-order valence-electron chi connectivity index (χ1n) is 4.14. The van der Waals surface area contributed by atoms with E-state index in [1.807, 2.05) is 6.07 Å². The van der Waals surface area contributed by atoms with Crippen molar-refractivity contribution < 1.29 is 9.15 Å². The maximum Gasteiger partial charge on any atom is 0.225 e. The molecular formula is C10H10N2O2. The van der Waals surface area contributed by atoms with Gasteiger partial charge in [-0.25, -0.2) is 4.98 Å². The van der Waals surface area contributed by atoms with Crippen LogP contribution in [-0.2, 0) is 0 Å². The lowest BCUT2D eigenvalue weighted by Crippen LogP contribution is -1.92. The molecular weight excluding hydrogens is 180 g/mol. The number of nitrogens with zero attached hydrogens (tertiary/aromatic N) is 1. The van der Waals surface area contributed by atoms with E-state index < -0.39 is 0 Å². The van der Waals surface area contributed by atoms with Gasteiger partial charge in [0.2, 0.25) is 5.89 Å². The molecule has 0 bridgehead atoms. The van der Waals surface area contributed by atoms with E-state index in [-0.39, 0.29) is 0 Å². The fourth-order valence-corrected chi connectivity index (χ4v) is 1.23. The molecule has 2 aromatic rings. The van der Waals surface area contributed by atoms with Gasteiger partial charge in [-0.2, -0.15) is 0 Å². The molecule has 1 heterocycles. The number of hydrogen-bond acceptors (Lipinski definition) is 4. The predicted molar refractivity (Wildman–Crippen MR) is 52.9 cm³/mol. The molecule has 0 spiro atoms. The van der Waals surface area contributed by atoms with Crippen LogP contribution >= 0.6 is 0 Å². The SMILES string of the molecule is COc1ccc(-c2ncco2)cc1N. The first-order valence-corrected chi connectivity index (χ1v) is 4.14. The molecule has 2 rings (SSSR count). The molecule has 0 atom stereocenters. The highest BCUT2D eigenvalue weighted by Gasteiger charge is 2.05. The van der Waals surface area contributed by atoms with Gasteiger partial charge >= 0.3 is 0 Å². The molecule has 0 fully saturated rings. The highest BCUT2D eigenvalue weighted by Crippen LogP contribution is 2.27. The molecule has 0 aliphatic rings. The van der Waals surface area contributed by atoms with Crippen LogP contribution in [-0.4, -0.2) is 12.1 Å². The van der Waals surface area contributed by atoms with Crippen LogP contribution in [0.1, 0.15) is 0 Å². The molecule has 0 aliphatic heterocycles. The molecule has 0 saturated carbocycles. The zero-order valence-electron chi connectivity index (χ0n) is 7.73. The van der Waals surface area contributed by atoms with E-state index in [1.54, 1.807) is 25.4 Å². The van der Waals surface area contributed by atoms with Gasteiger partial charge < -0.3 is 14.9 Å². The number of aromatic nitrogens is 1. The number of benzene rings is 1. The lowest BCUT2D eigenvalue weighted by molar-refractivity contribution is 0.417. The molecule has 4 nitrogen and oxygen atoms in total. The molecule has 0 amide bonds. The largest absolute Gasteiger partial charge is 0.495 e. The van der Waals surface area contributed by atoms with Crippen molar-refractivity contribution in [1.29, 1.82) is 0 Å². The number of nitrogen functional groups attached to an aromatic ring is 1. The summed E-state index contributed by atoms with van der Waals surface area (Å²) in [5, 5.41) is 0. The van der Waals surface area contributed by atoms with Gasteiger partial charge in [-0.1, -0.05) is 0 Å². The van der Waals surface area contributed by atoms with Gasteiger partial charge in [-0.15, -0.1) is 0 Å². The minimum atomic E-state index is 0.555. The molecule has 72 valence electrons. The van der Waals surface area contributed by atoms with E-state index in [4.69, 9.17) is 14.9 Å². The molecule has 2 N–H and O–H groups in total. The van der Waals surface area contributed by atoms with Gasteiger partial charge in [0, 0.05) is 5.56 Å². The fourth-order valence-electron chi connectivity index (χ4n) is 1.23. The monoisotopic (exact) mass is 190 g/mol. The van der Waals surface area contributed by atoms with Crippen molar-refractivity contribution in [3.8, 4) is 17.2 Å². The Morgan fingerprint density at radius 2 is 2.29 bits per heavy atom. The second kappa shape index (κ2) is 3.41. The Hall–Kier alpha value is -1.97. The van der Waals surface area contributed by atoms with Crippen molar-refractivity contribution in [2.45, 2.75) is 0 Å². The third kappa shape index (κ3) is 1.42.